The summed E-state index contributed by atoms with van der Waals surface area (Å²) in [6.07, 6.45) is 1.84. The Morgan fingerprint density at radius 2 is 1.90 bits per heavy atom. The van der Waals surface area contributed by atoms with Crippen LogP contribution < -0.4 is 5.32 Å². The molecule has 1 amide bonds. The van der Waals surface area contributed by atoms with Gasteiger partial charge in [-0.15, -0.1) is 0 Å². The lowest BCUT2D eigenvalue weighted by Crippen LogP contribution is -2.36. The monoisotopic (exact) mass is 288 g/mol. The van der Waals surface area contributed by atoms with Gasteiger partial charge in [0.2, 0.25) is 5.91 Å². The van der Waals surface area contributed by atoms with Crippen molar-refractivity contribution in [3.63, 3.8) is 0 Å². The number of nitrogens with one attached hydrogen (secondary N) is 1. The summed E-state index contributed by atoms with van der Waals surface area (Å²) in [5.74, 6) is 0.360. The van der Waals surface area contributed by atoms with Crippen molar-refractivity contribution in [3.05, 3.63) is 29.3 Å². The molecular weight excluding hydrogens is 268 g/mol. The number of likely N-dealkylation sites (tertiary alicyclic amines) is 1. The summed E-state index contributed by atoms with van der Waals surface area (Å²) in [6, 6.07) is 5.71. The number of Topliss-reactive ketones (excluding diaryl/α,β-unsaturated/α-hetero) is 1. The van der Waals surface area contributed by atoms with Crippen molar-refractivity contribution in [2.24, 2.45) is 0 Å². The first-order valence-corrected chi connectivity index (χ1v) is 7.46. The number of fused-ring (bicyclic) bond motifs is 1. The number of nitrogens with zero attached hydrogens (tertiary/aromatic N) is 1. The maximum Gasteiger partial charge on any atom is 0.224 e. The molecule has 1 atom stereocenters. The third kappa shape index (κ3) is 3.31. The lowest BCUT2D eigenvalue weighted by molar-refractivity contribution is -0.121. The van der Waals surface area contributed by atoms with Crippen LogP contribution in [0.15, 0.2) is 18.2 Å². The van der Waals surface area contributed by atoms with Crippen molar-refractivity contribution in [3.8, 4) is 0 Å². The molecule has 5 nitrogen and oxygen atoms in total. The number of benzene rings is 1. The number of carbonyl (C=O) groups is 2. The van der Waals surface area contributed by atoms with Gasteiger partial charge in [0, 0.05) is 44.6 Å². The summed E-state index contributed by atoms with van der Waals surface area (Å²) in [5, 5.41) is 13.2. The Morgan fingerprint density at radius 3 is 2.67 bits per heavy atom. The summed E-state index contributed by atoms with van der Waals surface area (Å²) in [7, 11) is 0. The van der Waals surface area contributed by atoms with Crippen LogP contribution in [0.1, 0.15) is 36.5 Å². The van der Waals surface area contributed by atoms with Crippen LogP contribution in [0, 0.1) is 0 Å². The number of amides is 1. The van der Waals surface area contributed by atoms with Gasteiger partial charge in [-0.2, -0.15) is 0 Å². The van der Waals surface area contributed by atoms with Crippen molar-refractivity contribution in [2.75, 3.05) is 25.0 Å². The Hall–Kier alpha value is -1.72. The Balaban J connectivity index is 1.66. The van der Waals surface area contributed by atoms with Crippen LogP contribution >= 0.6 is 0 Å². The molecule has 0 saturated carbocycles. The van der Waals surface area contributed by atoms with Crippen molar-refractivity contribution in [1.29, 1.82) is 0 Å². The second-order valence-corrected chi connectivity index (χ2v) is 5.82. The zero-order valence-electron chi connectivity index (χ0n) is 12.0. The molecule has 2 heterocycles. The quantitative estimate of drug-likeness (QED) is 0.879. The number of hydrogen-bond donors (Lipinski definition) is 2. The van der Waals surface area contributed by atoms with E-state index in [-0.39, 0.29) is 5.91 Å². The van der Waals surface area contributed by atoms with Crippen LogP contribution in [0.5, 0.6) is 0 Å². The normalized spacial score (nSPS) is 20.8. The van der Waals surface area contributed by atoms with Gasteiger partial charge in [0.1, 0.15) is 5.78 Å². The summed E-state index contributed by atoms with van der Waals surface area (Å²) >= 11 is 0. The summed E-state index contributed by atoms with van der Waals surface area (Å²) in [4.78, 5) is 24.7. The van der Waals surface area contributed by atoms with Crippen molar-refractivity contribution in [1.82, 2.24) is 4.90 Å². The van der Waals surface area contributed by atoms with Gasteiger partial charge in [0.05, 0.1) is 6.10 Å². The highest BCUT2D eigenvalue weighted by Crippen LogP contribution is 2.26. The zero-order chi connectivity index (χ0) is 14.8. The number of aryl methyl sites for hydroxylation is 1. The summed E-state index contributed by atoms with van der Waals surface area (Å²) < 4.78 is 0. The topological polar surface area (TPSA) is 69.6 Å². The van der Waals surface area contributed by atoms with Gasteiger partial charge < -0.3 is 10.4 Å². The van der Waals surface area contributed by atoms with E-state index in [2.05, 4.69) is 10.2 Å². The number of ketones is 1. The van der Waals surface area contributed by atoms with Crippen molar-refractivity contribution < 1.29 is 14.7 Å². The summed E-state index contributed by atoms with van der Waals surface area (Å²) in [6.45, 7) is 2.02. The molecular formula is C16H20N2O3. The van der Waals surface area contributed by atoms with Gasteiger partial charge in [-0.1, -0.05) is 12.1 Å². The number of rotatable bonds is 3. The van der Waals surface area contributed by atoms with E-state index >= 15 is 0 Å². The largest absolute Gasteiger partial charge is 0.387 e. The van der Waals surface area contributed by atoms with E-state index in [0.29, 0.717) is 31.6 Å². The third-order valence-electron chi connectivity index (χ3n) is 4.25. The Kier molecular flexibility index (Phi) is 4.03. The molecule has 112 valence electrons. The molecule has 0 aromatic heterocycles. The molecule has 0 radical (unpaired) electrons. The first-order valence-electron chi connectivity index (χ1n) is 7.46. The van der Waals surface area contributed by atoms with Gasteiger partial charge in [-0.25, -0.2) is 0 Å². The van der Waals surface area contributed by atoms with Crippen LogP contribution in [-0.2, 0) is 16.0 Å². The first kappa shape index (κ1) is 14.2. The summed E-state index contributed by atoms with van der Waals surface area (Å²) in [5.41, 5.74) is 2.81. The lowest BCUT2D eigenvalue weighted by atomic mass is 9.97. The van der Waals surface area contributed by atoms with E-state index in [1.807, 2.05) is 18.2 Å². The molecule has 0 spiro atoms. The number of β-amino-alcohol motifs (C(OH)–C–C–N with tert-alkyl or cyclic N) is 1. The molecule has 0 aliphatic carbocycles. The van der Waals surface area contributed by atoms with Crippen LogP contribution in [-0.4, -0.2) is 41.3 Å². The molecule has 0 bridgehead atoms. The van der Waals surface area contributed by atoms with Crippen LogP contribution in [0.4, 0.5) is 5.69 Å². The Labute approximate surface area is 123 Å². The number of piperidine rings is 1. The van der Waals surface area contributed by atoms with E-state index in [1.165, 1.54) is 0 Å². The van der Waals surface area contributed by atoms with E-state index in [4.69, 9.17) is 0 Å². The van der Waals surface area contributed by atoms with Gasteiger partial charge in [-0.05, 0) is 23.6 Å². The smallest absolute Gasteiger partial charge is 0.224 e. The molecule has 1 saturated heterocycles. The molecule has 21 heavy (non-hydrogen) atoms. The average Bonchev–Trinajstić information content (AvgIpc) is 2.49. The maximum atomic E-state index is 11.3. The second kappa shape index (κ2) is 5.95. The minimum atomic E-state index is -0.555. The molecule has 1 fully saturated rings. The Morgan fingerprint density at radius 1 is 1.14 bits per heavy atom. The average molecular weight is 288 g/mol. The van der Waals surface area contributed by atoms with Gasteiger partial charge in [-0.3, -0.25) is 14.5 Å². The molecule has 2 N–H and O–H groups in total. The van der Waals surface area contributed by atoms with Crippen molar-refractivity contribution in [2.45, 2.75) is 31.8 Å². The fraction of sp³-hybridized carbons (Fsp3) is 0.500. The minimum Gasteiger partial charge on any atom is -0.387 e. The zero-order valence-corrected chi connectivity index (χ0v) is 12.0. The molecule has 5 heteroatoms. The van der Waals surface area contributed by atoms with Crippen LogP contribution in [0.25, 0.3) is 0 Å². The number of carbonyl (C=O) groups excluding carboxylic acids is 2. The predicted octanol–water partition coefficient (Wildman–Crippen LogP) is 1.27. The molecule has 1 aromatic carbocycles. The SMILES string of the molecule is O=C1CCN(CC(O)c2ccc3c(c2)CCC(=O)N3)CC1. The fourth-order valence-corrected chi connectivity index (χ4v) is 2.95. The molecule has 1 aromatic rings. The molecule has 2 aliphatic rings. The Bertz CT molecular complexity index is 561. The second-order valence-electron chi connectivity index (χ2n) is 5.82. The highest BCUT2D eigenvalue weighted by atomic mass is 16.3. The van der Waals surface area contributed by atoms with Crippen LogP contribution in [0.3, 0.4) is 0 Å². The van der Waals surface area contributed by atoms with Gasteiger partial charge in [0.25, 0.3) is 0 Å². The number of aliphatic hydroxyl groups excluding tert-OH is 1. The molecule has 1 unspecified atom stereocenters. The third-order valence-corrected chi connectivity index (χ3v) is 4.25. The van der Waals surface area contributed by atoms with E-state index in [9.17, 15) is 14.7 Å². The van der Waals surface area contributed by atoms with Crippen LogP contribution in [0.2, 0.25) is 0 Å². The van der Waals surface area contributed by atoms with Gasteiger partial charge in [0.15, 0.2) is 0 Å². The molecule has 3 rings (SSSR count). The highest BCUT2D eigenvalue weighted by Gasteiger charge is 2.21. The van der Waals surface area contributed by atoms with E-state index in [0.717, 1.165) is 36.3 Å². The van der Waals surface area contributed by atoms with Gasteiger partial charge >= 0.3 is 0 Å². The fourth-order valence-electron chi connectivity index (χ4n) is 2.95. The first-order chi connectivity index (χ1) is 10.1. The van der Waals surface area contributed by atoms with Crippen molar-refractivity contribution >= 4 is 17.4 Å². The lowest BCUT2D eigenvalue weighted by Gasteiger charge is -2.28. The predicted molar refractivity (Wildman–Crippen MR) is 79.0 cm³/mol. The maximum absolute atomic E-state index is 11.3. The standard InChI is InChI=1S/C16H20N2O3/c19-13-5-7-18(8-6-13)10-15(20)12-1-3-14-11(9-12)2-4-16(21)17-14/h1,3,9,15,20H,2,4-8,10H2,(H,17,21). The van der Waals surface area contributed by atoms with E-state index < -0.39 is 6.10 Å². The number of aliphatic hydroxyl groups is 1. The molecule has 2 aliphatic heterocycles. The number of anilines is 1. The highest BCUT2D eigenvalue weighted by molar-refractivity contribution is 5.93. The van der Waals surface area contributed by atoms with E-state index in [1.54, 1.807) is 0 Å². The minimum absolute atomic E-state index is 0.0498. The number of hydrogen-bond acceptors (Lipinski definition) is 4.